The monoisotopic (exact) mass is 408 g/mol. The Balaban J connectivity index is -0.000000301. The van der Waals surface area contributed by atoms with Gasteiger partial charge in [0, 0.05) is 17.1 Å². The van der Waals surface area contributed by atoms with Gasteiger partial charge in [0.2, 0.25) is 0 Å². The van der Waals surface area contributed by atoms with E-state index in [-0.39, 0.29) is 57.6 Å². The summed E-state index contributed by atoms with van der Waals surface area (Å²) in [5, 5.41) is 35.1. The fourth-order valence-corrected chi connectivity index (χ4v) is 1.91. The molecule has 12 N–H and O–H groups in total. The van der Waals surface area contributed by atoms with Gasteiger partial charge < -0.3 is 42.8 Å². The maximum atomic E-state index is 10.8. The number of hydrogen-bond acceptors (Lipinski definition) is 6. The Morgan fingerprint density at radius 2 is 0.750 bits per heavy atom. The van der Waals surface area contributed by atoms with Gasteiger partial charge in [-0.15, -0.1) is 0 Å². The van der Waals surface area contributed by atoms with Crippen LogP contribution in [0.4, 0.5) is 0 Å². The molecule has 0 heterocycles. The van der Waals surface area contributed by atoms with Gasteiger partial charge in [-0.05, 0) is 0 Å². The molecular weight excluding hydrogens is 387 g/mol. The Labute approximate surface area is 168 Å². The molecule has 140 valence electrons. The number of rotatable bonds is 9. The molecule has 0 fully saturated rings. The molecule has 0 atom stereocenters. The number of carbonyl (C=O) groups is 4. The molecule has 0 spiro atoms. The van der Waals surface area contributed by atoms with Crippen LogP contribution in [0.3, 0.4) is 0 Å². The Morgan fingerprint density at radius 3 is 0.833 bits per heavy atom. The van der Waals surface area contributed by atoms with Crippen molar-refractivity contribution in [3.05, 3.63) is 0 Å². The van der Waals surface area contributed by atoms with E-state index in [0.29, 0.717) is 0 Å². The average molecular weight is 408 g/mol. The molecule has 0 saturated carbocycles. The van der Waals surface area contributed by atoms with Crippen molar-refractivity contribution in [2.45, 2.75) is 36.8 Å². The van der Waals surface area contributed by atoms with E-state index in [9.17, 15) is 19.2 Å². The normalized spacial score (nSPS) is 9.92. The second-order valence-corrected chi connectivity index (χ2v) is 4.59. The molecule has 0 unspecified atom stereocenters. The summed E-state index contributed by atoms with van der Waals surface area (Å²) in [4.78, 5) is 43.2. The van der Waals surface area contributed by atoms with Crippen LogP contribution in [0, 0.1) is 0 Å². The number of nitrogens with two attached hydrogens (primary N) is 2. The third-order valence-corrected chi connectivity index (χ3v) is 2.86. The minimum absolute atomic E-state index is 0. The zero-order valence-corrected chi connectivity index (χ0v) is 12.9. The van der Waals surface area contributed by atoms with Gasteiger partial charge >= 0.3 is 53.4 Å². The topological polar surface area (TPSA) is 264 Å². The van der Waals surface area contributed by atoms with Gasteiger partial charge in [0.15, 0.2) is 0 Å². The van der Waals surface area contributed by atoms with Crippen LogP contribution in [-0.4, -0.2) is 95.9 Å². The molecule has 0 aliphatic heterocycles. The van der Waals surface area contributed by atoms with Crippen molar-refractivity contribution in [1.82, 2.24) is 0 Å². The van der Waals surface area contributed by atoms with Crippen molar-refractivity contribution in [3.8, 4) is 0 Å². The molecule has 0 amide bonds. The zero-order valence-electron chi connectivity index (χ0n) is 11.8. The molecule has 0 aliphatic carbocycles. The van der Waals surface area contributed by atoms with E-state index in [1.807, 2.05) is 0 Å². The van der Waals surface area contributed by atoms with Crippen LogP contribution in [0.15, 0.2) is 0 Å². The van der Waals surface area contributed by atoms with E-state index in [1.165, 1.54) is 0 Å². The fourth-order valence-electron chi connectivity index (χ4n) is 1.91. The summed E-state index contributed by atoms with van der Waals surface area (Å²) >= 11 is 0. The molecule has 24 heavy (non-hydrogen) atoms. The molecular formula is C10H21FeN2NaO10. The summed E-state index contributed by atoms with van der Waals surface area (Å²) < 4.78 is 0. The first-order valence-electron chi connectivity index (χ1n) is 5.37. The van der Waals surface area contributed by atoms with Gasteiger partial charge in [-0.2, -0.15) is 0 Å². The summed E-state index contributed by atoms with van der Waals surface area (Å²) in [6.07, 6.45) is -3.90. The van der Waals surface area contributed by atoms with Crippen LogP contribution >= 0.6 is 0 Å². The van der Waals surface area contributed by atoms with E-state index < -0.39 is 60.6 Å². The molecule has 0 aliphatic rings. The van der Waals surface area contributed by atoms with Crippen LogP contribution in [-0.2, 0) is 36.2 Å². The number of hydrogen-bond donors (Lipinski definition) is 6. The standard InChI is InChI=1S/C10H16N2O8.Fe.Na.2H2O.H/c11-9(1-5(13)14,2-6(15)16)10(12,3-7(17)18)4-8(19)20;;;;;/h1-4,11-12H2,(H,13,14)(H,15,16)(H,17,18)(H,19,20);;;2*1H2;. The molecule has 14 heteroatoms. The third-order valence-electron chi connectivity index (χ3n) is 2.86. The van der Waals surface area contributed by atoms with Crippen LogP contribution in [0.25, 0.3) is 0 Å². The van der Waals surface area contributed by atoms with Crippen LogP contribution in [0.1, 0.15) is 25.7 Å². The Morgan fingerprint density at radius 1 is 0.625 bits per heavy atom. The van der Waals surface area contributed by atoms with E-state index in [2.05, 4.69) is 0 Å². The summed E-state index contributed by atoms with van der Waals surface area (Å²) in [5.41, 5.74) is 6.88. The van der Waals surface area contributed by atoms with Crippen molar-refractivity contribution in [3.63, 3.8) is 0 Å². The zero-order chi connectivity index (χ0) is 16.1. The van der Waals surface area contributed by atoms with Crippen molar-refractivity contribution in [2.75, 3.05) is 0 Å². The number of aliphatic carboxylic acids is 4. The van der Waals surface area contributed by atoms with Crippen molar-refractivity contribution >= 4 is 53.4 Å². The van der Waals surface area contributed by atoms with Gasteiger partial charge in [-0.3, -0.25) is 19.2 Å². The molecule has 0 saturated heterocycles. The molecule has 0 aromatic rings. The fraction of sp³-hybridized carbons (Fsp3) is 0.600. The van der Waals surface area contributed by atoms with Gasteiger partial charge in [-0.1, -0.05) is 0 Å². The predicted molar refractivity (Wildman–Crippen MR) is 77.2 cm³/mol. The predicted octanol–water partition coefficient (Wildman–Crippen LogP) is -4.02. The van der Waals surface area contributed by atoms with Crippen LogP contribution < -0.4 is 11.5 Å². The van der Waals surface area contributed by atoms with Gasteiger partial charge in [0.25, 0.3) is 0 Å². The van der Waals surface area contributed by atoms with Crippen LogP contribution in [0.5, 0.6) is 0 Å². The Kier molecular flexibility index (Phi) is 19.5. The first-order valence-corrected chi connectivity index (χ1v) is 5.37. The number of carboxylic acids is 4. The van der Waals surface area contributed by atoms with E-state index in [4.69, 9.17) is 31.9 Å². The summed E-state index contributed by atoms with van der Waals surface area (Å²) in [6.45, 7) is 0. The second-order valence-electron chi connectivity index (χ2n) is 4.59. The quantitative estimate of drug-likeness (QED) is 0.201. The molecule has 0 rings (SSSR count). The molecule has 0 bridgehead atoms. The first kappa shape index (κ1) is 34.6. The minimum atomic E-state index is -2.22. The number of carboxylic acid groups (broad SMARTS) is 4. The first-order chi connectivity index (χ1) is 8.92. The molecule has 0 aromatic heterocycles. The van der Waals surface area contributed by atoms with E-state index in [0.717, 1.165) is 0 Å². The molecule has 0 radical (unpaired) electrons. The van der Waals surface area contributed by atoms with Crippen molar-refractivity contribution in [2.24, 2.45) is 11.5 Å². The van der Waals surface area contributed by atoms with Gasteiger partial charge in [0.1, 0.15) is 0 Å². The second kappa shape index (κ2) is 13.5. The summed E-state index contributed by atoms with van der Waals surface area (Å²) in [6, 6.07) is 0. The maximum absolute atomic E-state index is 10.8. The van der Waals surface area contributed by atoms with Gasteiger partial charge in [0.05, 0.1) is 36.8 Å². The third kappa shape index (κ3) is 10.9. The van der Waals surface area contributed by atoms with Crippen LogP contribution in [0.2, 0.25) is 0 Å². The Bertz CT molecular complexity index is 375. The van der Waals surface area contributed by atoms with Crippen molar-refractivity contribution in [1.29, 1.82) is 0 Å². The SMILES string of the molecule is NC(CC(=O)O)(CC(=O)O)C(N)(CC(=O)O)CC(=O)O.O.O.[Fe].[NaH]. The molecule has 0 aromatic carbocycles. The van der Waals surface area contributed by atoms with Gasteiger partial charge in [-0.25, -0.2) is 0 Å². The Hall–Kier alpha value is -0.761. The van der Waals surface area contributed by atoms with E-state index in [1.54, 1.807) is 0 Å². The van der Waals surface area contributed by atoms with Crippen molar-refractivity contribution < 1.29 is 67.6 Å². The average Bonchev–Trinajstić information content (AvgIpc) is 2.10. The molecule has 12 nitrogen and oxygen atoms in total. The summed E-state index contributed by atoms with van der Waals surface area (Å²) in [7, 11) is 0. The van der Waals surface area contributed by atoms with E-state index >= 15 is 0 Å². The summed E-state index contributed by atoms with van der Waals surface area (Å²) in [5.74, 6) is -6.06.